The third-order valence-electron chi connectivity index (χ3n) is 2.60. The first kappa shape index (κ1) is 12.5. The van der Waals surface area contributed by atoms with Gasteiger partial charge in [-0.1, -0.05) is 0 Å². The fourth-order valence-corrected chi connectivity index (χ4v) is 1.72. The average molecular weight is 255 g/mol. The van der Waals surface area contributed by atoms with Crippen molar-refractivity contribution in [3.05, 3.63) is 36.0 Å². The lowest BCUT2D eigenvalue weighted by Crippen LogP contribution is -2.08. The van der Waals surface area contributed by atoms with Crippen molar-refractivity contribution >= 4 is 5.69 Å². The van der Waals surface area contributed by atoms with Gasteiger partial charge in [0.15, 0.2) is 0 Å². The van der Waals surface area contributed by atoms with E-state index in [4.69, 9.17) is 0 Å². The average Bonchev–Trinajstić information content (AvgIpc) is 2.74. The van der Waals surface area contributed by atoms with Gasteiger partial charge in [0.25, 0.3) is 0 Å². The number of aryl methyl sites for hydroxylation is 1. The van der Waals surface area contributed by atoms with Crippen LogP contribution in [0.4, 0.5) is 18.9 Å². The maximum Gasteiger partial charge on any atom is 0.417 e. The molecule has 1 aromatic carbocycles. The first-order valence-electron chi connectivity index (χ1n) is 5.31. The minimum Gasteiger partial charge on any atom is -0.388 e. The summed E-state index contributed by atoms with van der Waals surface area (Å²) in [4.78, 5) is 0. The second kappa shape index (κ2) is 4.36. The van der Waals surface area contributed by atoms with Crippen LogP contribution in [0.1, 0.15) is 5.56 Å². The van der Waals surface area contributed by atoms with Gasteiger partial charge in [0.05, 0.1) is 11.3 Å². The monoisotopic (exact) mass is 255 g/mol. The second-order valence-corrected chi connectivity index (χ2v) is 3.88. The number of hydrogen-bond acceptors (Lipinski definition) is 2. The molecule has 0 saturated carbocycles. The third kappa shape index (κ3) is 2.32. The summed E-state index contributed by atoms with van der Waals surface area (Å²) in [6.07, 6.45) is -2.78. The summed E-state index contributed by atoms with van der Waals surface area (Å²) in [6, 6.07) is 5.47. The lowest BCUT2D eigenvalue weighted by Gasteiger charge is -2.13. The Hall–Kier alpha value is -1.98. The standard InChI is InChI=1S/C12H12F3N3/c1-16-8-3-4-10(12(13,14)15)9(7-8)11-5-6-18(2)17-11/h3-7,16H,1-2H3. The van der Waals surface area contributed by atoms with E-state index in [1.165, 1.54) is 16.8 Å². The van der Waals surface area contributed by atoms with E-state index in [9.17, 15) is 13.2 Å². The molecule has 96 valence electrons. The minimum absolute atomic E-state index is 0.0787. The van der Waals surface area contributed by atoms with Crippen LogP contribution >= 0.6 is 0 Å². The third-order valence-corrected chi connectivity index (χ3v) is 2.60. The Balaban J connectivity index is 2.61. The van der Waals surface area contributed by atoms with E-state index in [-0.39, 0.29) is 5.56 Å². The minimum atomic E-state index is -4.39. The van der Waals surface area contributed by atoms with Crippen molar-refractivity contribution in [1.82, 2.24) is 9.78 Å². The number of nitrogens with one attached hydrogen (secondary N) is 1. The van der Waals surface area contributed by atoms with Crippen LogP contribution in [0.25, 0.3) is 11.3 Å². The molecule has 1 heterocycles. The van der Waals surface area contributed by atoms with Gasteiger partial charge in [0.2, 0.25) is 0 Å². The Morgan fingerprint density at radius 2 is 1.94 bits per heavy atom. The predicted molar refractivity (Wildman–Crippen MR) is 63.2 cm³/mol. The molecule has 0 atom stereocenters. The van der Waals surface area contributed by atoms with Gasteiger partial charge in [-0.15, -0.1) is 0 Å². The van der Waals surface area contributed by atoms with E-state index < -0.39 is 11.7 Å². The number of halogens is 3. The van der Waals surface area contributed by atoms with Gasteiger partial charge in [0, 0.05) is 31.5 Å². The van der Waals surface area contributed by atoms with Gasteiger partial charge in [-0.3, -0.25) is 4.68 Å². The van der Waals surface area contributed by atoms with E-state index in [1.54, 1.807) is 26.4 Å². The van der Waals surface area contributed by atoms with Crippen LogP contribution in [0.5, 0.6) is 0 Å². The van der Waals surface area contributed by atoms with Crippen molar-refractivity contribution in [1.29, 1.82) is 0 Å². The van der Waals surface area contributed by atoms with Crippen molar-refractivity contribution in [3.8, 4) is 11.3 Å². The van der Waals surface area contributed by atoms with Gasteiger partial charge < -0.3 is 5.32 Å². The Morgan fingerprint density at radius 3 is 2.44 bits per heavy atom. The molecule has 0 amide bonds. The van der Waals surface area contributed by atoms with Crippen LogP contribution in [-0.2, 0) is 13.2 Å². The summed E-state index contributed by atoms with van der Waals surface area (Å²) in [5.41, 5.74) is 0.320. The maximum atomic E-state index is 12.9. The van der Waals surface area contributed by atoms with Gasteiger partial charge in [-0.25, -0.2) is 0 Å². The highest BCUT2D eigenvalue weighted by molar-refractivity contribution is 5.69. The number of benzene rings is 1. The highest BCUT2D eigenvalue weighted by Crippen LogP contribution is 2.37. The molecule has 0 bridgehead atoms. The summed E-state index contributed by atoms with van der Waals surface area (Å²) in [5.74, 6) is 0. The first-order valence-corrected chi connectivity index (χ1v) is 5.31. The van der Waals surface area contributed by atoms with Crippen molar-refractivity contribution in [2.75, 3.05) is 12.4 Å². The van der Waals surface area contributed by atoms with E-state index in [0.717, 1.165) is 6.07 Å². The Labute approximate surface area is 102 Å². The molecular formula is C12H12F3N3. The van der Waals surface area contributed by atoms with Crippen molar-refractivity contribution in [2.24, 2.45) is 7.05 Å². The molecule has 0 aliphatic rings. The van der Waals surface area contributed by atoms with Gasteiger partial charge in [0.1, 0.15) is 0 Å². The highest BCUT2D eigenvalue weighted by Gasteiger charge is 2.34. The topological polar surface area (TPSA) is 29.9 Å². The van der Waals surface area contributed by atoms with E-state index in [0.29, 0.717) is 11.4 Å². The molecule has 6 heteroatoms. The fourth-order valence-electron chi connectivity index (χ4n) is 1.72. The van der Waals surface area contributed by atoms with E-state index in [1.807, 2.05) is 0 Å². The normalized spacial score (nSPS) is 11.6. The maximum absolute atomic E-state index is 12.9. The van der Waals surface area contributed by atoms with Crippen LogP contribution < -0.4 is 5.32 Å². The van der Waals surface area contributed by atoms with E-state index in [2.05, 4.69) is 10.4 Å². The lowest BCUT2D eigenvalue weighted by molar-refractivity contribution is -0.137. The van der Waals surface area contributed by atoms with Gasteiger partial charge in [-0.2, -0.15) is 18.3 Å². The highest BCUT2D eigenvalue weighted by atomic mass is 19.4. The molecule has 2 rings (SSSR count). The summed E-state index contributed by atoms with van der Waals surface area (Å²) >= 11 is 0. The summed E-state index contributed by atoms with van der Waals surface area (Å²) in [7, 11) is 3.32. The molecule has 2 aromatic rings. The largest absolute Gasteiger partial charge is 0.417 e. The smallest absolute Gasteiger partial charge is 0.388 e. The molecule has 0 spiro atoms. The summed E-state index contributed by atoms with van der Waals surface area (Å²) in [5, 5.41) is 6.84. The van der Waals surface area contributed by atoms with Crippen molar-refractivity contribution in [2.45, 2.75) is 6.18 Å². The predicted octanol–water partition coefficient (Wildman–Crippen LogP) is 3.15. The van der Waals surface area contributed by atoms with E-state index >= 15 is 0 Å². The number of anilines is 1. The molecule has 0 unspecified atom stereocenters. The van der Waals surface area contributed by atoms with Crippen LogP contribution in [0.15, 0.2) is 30.5 Å². The zero-order chi connectivity index (χ0) is 13.3. The van der Waals surface area contributed by atoms with Gasteiger partial charge in [-0.05, 0) is 24.3 Å². The quantitative estimate of drug-likeness (QED) is 0.893. The zero-order valence-electron chi connectivity index (χ0n) is 9.92. The fraction of sp³-hybridized carbons (Fsp3) is 0.250. The van der Waals surface area contributed by atoms with Gasteiger partial charge >= 0.3 is 6.18 Å². The van der Waals surface area contributed by atoms with Crippen LogP contribution in [0.2, 0.25) is 0 Å². The molecule has 1 N–H and O–H groups in total. The van der Waals surface area contributed by atoms with Crippen molar-refractivity contribution < 1.29 is 13.2 Å². The SMILES string of the molecule is CNc1ccc(C(F)(F)F)c(-c2ccn(C)n2)c1. The summed E-state index contributed by atoms with van der Waals surface area (Å²) < 4.78 is 40.2. The molecule has 0 aliphatic carbocycles. The van der Waals surface area contributed by atoms with Crippen LogP contribution in [-0.4, -0.2) is 16.8 Å². The molecule has 0 fully saturated rings. The zero-order valence-corrected chi connectivity index (χ0v) is 9.92. The Morgan fingerprint density at radius 1 is 1.22 bits per heavy atom. The molecule has 0 aliphatic heterocycles. The number of aromatic nitrogens is 2. The molecule has 0 saturated heterocycles. The van der Waals surface area contributed by atoms with Crippen LogP contribution in [0.3, 0.4) is 0 Å². The Kier molecular flexibility index (Phi) is 3.02. The number of rotatable bonds is 2. The number of nitrogens with zero attached hydrogens (tertiary/aromatic N) is 2. The lowest BCUT2D eigenvalue weighted by atomic mass is 10.0. The molecule has 0 radical (unpaired) electrons. The first-order chi connectivity index (χ1) is 8.41. The number of hydrogen-bond donors (Lipinski definition) is 1. The molecule has 3 nitrogen and oxygen atoms in total. The van der Waals surface area contributed by atoms with Crippen molar-refractivity contribution in [3.63, 3.8) is 0 Å². The number of alkyl halides is 3. The molecule has 18 heavy (non-hydrogen) atoms. The molecular weight excluding hydrogens is 243 g/mol. The van der Waals surface area contributed by atoms with Crippen LogP contribution in [0, 0.1) is 0 Å². The second-order valence-electron chi connectivity index (χ2n) is 3.88. The Bertz CT molecular complexity index is 558. The molecule has 1 aromatic heterocycles. The summed E-state index contributed by atoms with van der Waals surface area (Å²) in [6.45, 7) is 0.